The molecule has 0 N–H and O–H groups in total. The maximum Gasteiger partial charge on any atom is 0.170 e. The van der Waals surface area contributed by atoms with E-state index in [4.69, 9.17) is 4.52 Å². The quantitative estimate of drug-likeness (QED) is 0.825. The average molecular weight is 312 g/mol. The van der Waals surface area contributed by atoms with E-state index in [0.29, 0.717) is 0 Å². The Morgan fingerprint density at radius 1 is 1.13 bits per heavy atom. The van der Waals surface area contributed by atoms with Crippen molar-refractivity contribution in [2.75, 3.05) is 19.6 Å². The number of nitrogens with zero attached hydrogens (tertiary/aromatic N) is 2. The van der Waals surface area contributed by atoms with Crippen LogP contribution in [0.25, 0.3) is 11.0 Å². The Morgan fingerprint density at radius 3 is 2.74 bits per heavy atom. The van der Waals surface area contributed by atoms with Crippen LogP contribution in [0.1, 0.15) is 49.4 Å². The average Bonchev–Trinajstić information content (AvgIpc) is 2.81. The van der Waals surface area contributed by atoms with Gasteiger partial charge in [-0.2, -0.15) is 0 Å². The van der Waals surface area contributed by atoms with Crippen LogP contribution in [0.15, 0.2) is 16.7 Å². The van der Waals surface area contributed by atoms with Crippen molar-refractivity contribution in [2.24, 2.45) is 11.8 Å². The first-order chi connectivity index (χ1) is 11.2. The van der Waals surface area contributed by atoms with E-state index in [1.165, 1.54) is 55.3 Å². The zero-order valence-electron chi connectivity index (χ0n) is 14.5. The number of rotatable bonds is 2. The minimum absolute atomic E-state index is 0.917. The molecule has 0 atom stereocenters. The van der Waals surface area contributed by atoms with Gasteiger partial charge in [0.25, 0.3) is 0 Å². The van der Waals surface area contributed by atoms with E-state index in [1.807, 2.05) is 6.92 Å². The van der Waals surface area contributed by atoms with Crippen molar-refractivity contribution in [3.63, 3.8) is 0 Å². The molecule has 0 radical (unpaired) electrons. The van der Waals surface area contributed by atoms with E-state index in [0.717, 1.165) is 42.5 Å². The summed E-state index contributed by atoms with van der Waals surface area (Å²) >= 11 is 0. The highest BCUT2D eigenvalue weighted by Crippen LogP contribution is 2.31. The molecule has 1 aromatic carbocycles. The molecule has 1 aliphatic heterocycles. The topological polar surface area (TPSA) is 29.3 Å². The molecule has 2 aromatic rings. The van der Waals surface area contributed by atoms with E-state index >= 15 is 0 Å². The molecule has 0 saturated heterocycles. The highest BCUT2D eigenvalue weighted by molar-refractivity contribution is 5.83. The summed E-state index contributed by atoms with van der Waals surface area (Å²) in [6.07, 6.45) is 7.96. The van der Waals surface area contributed by atoms with Gasteiger partial charge in [-0.3, -0.25) is 0 Å². The fourth-order valence-electron chi connectivity index (χ4n) is 4.45. The van der Waals surface area contributed by atoms with Crippen LogP contribution >= 0.6 is 0 Å². The molecule has 23 heavy (non-hydrogen) atoms. The van der Waals surface area contributed by atoms with Crippen LogP contribution in [-0.2, 0) is 12.8 Å². The van der Waals surface area contributed by atoms with Gasteiger partial charge in [-0.1, -0.05) is 31.0 Å². The second-order valence-electron chi connectivity index (χ2n) is 7.77. The Morgan fingerprint density at radius 2 is 1.91 bits per heavy atom. The number of aromatic nitrogens is 1. The van der Waals surface area contributed by atoms with Crippen molar-refractivity contribution in [3.8, 4) is 0 Å². The maximum atomic E-state index is 5.63. The molecule has 4 rings (SSSR count). The van der Waals surface area contributed by atoms with Crippen molar-refractivity contribution in [1.82, 2.24) is 10.1 Å². The van der Waals surface area contributed by atoms with Crippen molar-refractivity contribution >= 4 is 11.0 Å². The molecule has 1 saturated carbocycles. The predicted octanol–water partition coefficient (Wildman–Crippen LogP) is 4.36. The summed E-state index contributed by atoms with van der Waals surface area (Å²) in [5, 5.41) is 5.36. The lowest BCUT2D eigenvalue weighted by Crippen LogP contribution is -2.33. The summed E-state index contributed by atoms with van der Waals surface area (Å²) < 4.78 is 5.63. The third kappa shape index (κ3) is 3.03. The summed E-state index contributed by atoms with van der Waals surface area (Å²) in [4.78, 5) is 2.69. The van der Waals surface area contributed by atoms with E-state index in [-0.39, 0.29) is 0 Å². The standard InChI is InChI=1S/C20H28N2O/c1-14-3-5-16(6-4-14)13-22-11-9-17-7-8-18-15(2)21-23-20(18)19(17)10-12-22/h7-8,14,16H,3-6,9-13H2,1-2H3. The molecule has 3 nitrogen and oxygen atoms in total. The zero-order chi connectivity index (χ0) is 15.8. The molecule has 0 bridgehead atoms. The normalized spacial score (nSPS) is 26.2. The first kappa shape index (κ1) is 15.2. The monoisotopic (exact) mass is 312 g/mol. The minimum Gasteiger partial charge on any atom is -0.356 e. The summed E-state index contributed by atoms with van der Waals surface area (Å²) in [6.45, 7) is 8.09. The third-order valence-electron chi connectivity index (χ3n) is 6.05. The van der Waals surface area contributed by atoms with E-state index in [2.05, 4.69) is 29.1 Å². The van der Waals surface area contributed by atoms with E-state index in [9.17, 15) is 0 Å². The molecule has 0 amide bonds. The smallest absolute Gasteiger partial charge is 0.170 e. The molecule has 124 valence electrons. The Hall–Kier alpha value is -1.35. The first-order valence-corrected chi connectivity index (χ1v) is 9.30. The van der Waals surface area contributed by atoms with Crippen molar-refractivity contribution in [3.05, 3.63) is 29.0 Å². The fraction of sp³-hybridized carbons (Fsp3) is 0.650. The van der Waals surface area contributed by atoms with Crippen LogP contribution in [-0.4, -0.2) is 29.7 Å². The van der Waals surface area contributed by atoms with Gasteiger partial charge in [-0.15, -0.1) is 0 Å². The molecule has 1 fully saturated rings. The van der Waals surface area contributed by atoms with Gasteiger partial charge < -0.3 is 9.42 Å². The molecular weight excluding hydrogens is 284 g/mol. The van der Waals surface area contributed by atoms with Gasteiger partial charge in [-0.25, -0.2) is 0 Å². The molecule has 3 heteroatoms. The SMILES string of the molecule is Cc1noc2c3c(ccc12)CCN(CC1CCC(C)CC1)CC3. The van der Waals surface area contributed by atoms with Gasteiger partial charge in [0.1, 0.15) is 0 Å². The van der Waals surface area contributed by atoms with Gasteiger partial charge in [0.15, 0.2) is 5.58 Å². The molecule has 1 aliphatic carbocycles. The lowest BCUT2D eigenvalue weighted by atomic mass is 9.83. The minimum atomic E-state index is 0.917. The summed E-state index contributed by atoms with van der Waals surface area (Å²) in [7, 11) is 0. The van der Waals surface area contributed by atoms with Gasteiger partial charge in [0, 0.05) is 30.6 Å². The number of hydrogen-bond acceptors (Lipinski definition) is 3. The number of fused-ring (bicyclic) bond motifs is 3. The summed E-state index contributed by atoms with van der Waals surface area (Å²) in [5.74, 6) is 1.86. The van der Waals surface area contributed by atoms with Crippen LogP contribution < -0.4 is 0 Å². The van der Waals surface area contributed by atoms with Gasteiger partial charge >= 0.3 is 0 Å². The van der Waals surface area contributed by atoms with Gasteiger partial charge in [0.2, 0.25) is 0 Å². The Kier molecular flexibility index (Phi) is 4.14. The molecule has 0 spiro atoms. The number of hydrogen-bond donors (Lipinski definition) is 0. The van der Waals surface area contributed by atoms with Crippen LogP contribution in [0.4, 0.5) is 0 Å². The molecule has 2 aliphatic rings. The Balaban J connectivity index is 1.47. The van der Waals surface area contributed by atoms with Gasteiger partial charge in [-0.05, 0) is 56.1 Å². The Labute approximate surface area is 139 Å². The van der Waals surface area contributed by atoms with Crippen molar-refractivity contribution in [2.45, 2.75) is 52.4 Å². The highest BCUT2D eigenvalue weighted by Gasteiger charge is 2.23. The molecule has 0 unspecified atom stereocenters. The first-order valence-electron chi connectivity index (χ1n) is 9.30. The van der Waals surface area contributed by atoms with Crippen LogP contribution in [0, 0.1) is 18.8 Å². The van der Waals surface area contributed by atoms with Crippen LogP contribution in [0.3, 0.4) is 0 Å². The third-order valence-corrected chi connectivity index (χ3v) is 6.05. The highest BCUT2D eigenvalue weighted by atomic mass is 16.5. The Bertz CT molecular complexity index is 682. The lowest BCUT2D eigenvalue weighted by molar-refractivity contribution is 0.190. The summed E-state index contributed by atoms with van der Waals surface area (Å²) in [6, 6.07) is 4.49. The largest absolute Gasteiger partial charge is 0.356 e. The lowest BCUT2D eigenvalue weighted by Gasteiger charge is -2.31. The second-order valence-corrected chi connectivity index (χ2v) is 7.77. The number of benzene rings is 1. The zero-order valence-corrected chi connectivity index (χ0v) is 14.5. The predicted molar refractivity (Wildman–Crippen MR) is 93.7 cm³/mol. The molecular formula is C20H28N2O. The van der Waals surface area contributed by atoms with Crippen molar-refractivity contribution < 1.29 is 4.52 Å². The van der Waals surface area contributed by atoms with Crippen molar-refractivity contribution in [1.29, 1.82) is 0 Å². The van der Waals surface area contributed by atoms with E-state index in [1.54, 1.807) is 0 Å². The van der Waals surface area contributed by atoms with Gasteiger partial charge in [0.05, 0.1) is 5.69 Å². The van der Waals surface area contributed by atoms with E-state index < -0.39 is 0 Å². The van der Waals surface area contributed by atoms with Crippen LogP contribution in [0.5, 0.6) is 0 Å². The number of aryl methyl sites for hydroxylation is 1. The van der Waals surface area contributed by atoms with Crippen LogP contribution in [0.2, 0.25) is 0 Å². The molecule has 1 aromatic heterocycles. The fourth-order valence-corrected chi connectivity index (χ4v) is 4.45. The second kappa shape index (κ2) is 6.27. The maximum absolute atomic E-state index is 5.63. The molecule has 2 heterocycles. The summed E-state index contributed by atoms with van der Waals surface area (Å²) in [5.41, 5.74) is 4.92.